The second-order valence-corrected chi connectivity index (χ2v) is 25.0. The van der Waals surface area contributed by atoms with Crippen molar-refractivity contribution in [1.29, 1.82) is 0 Å². The summed E-state index contributed by atoms with van der Waals surface area (Å²) >= 11 is 0. The largest absolute Gasteiger partial charge is 0.252 e. The molecule has 1 aromatic heterocycles. The Morgan fingerprint density at radius 2 is 0.828 bits per heavy atom. The fraction of sp³-hybridized carbons (Fsp3) is 0.0656. The lowest BCUT2D eigenvalue weighted by Gasteiger charge is -2.41. The van der Waals surface area contributed by atoms with Crippen LogP contribution in [-0.4, -0.2) is 21.1 Å². The number of nitrogens with zero attached hydrogens (tertiary/aromatic N) is 1. The van der Waals surface area contributed by atoms with Crippen LogP contribution in [-0.2, 0) is 5.41 Å². The highest BCUT2D eigenvalue weighted by atomic mass is 28.3. The van der Waals surface area contributed by atoms with Crippen molar-refractivity contribution < 1.29 is 0 Å². The zero-order valence-electron chi connectivity index (χ0n) is 36.5. The molecule has 8 aromatic carbocycles. The van der Waals surface area contributed by atoms with E-state index in [1.807, 2.05) is 0 Å². The summed E-state index contributed by atoms with van der Waals surface area (Å²) in [5, 5.41) is 11.0. The molecule has 0 spiro atoms. The molecular weight excluding hydrogens is 803 g/mol. The molecule has 0 N–H and O–H groups in total. The van der Waals surface area contributed by atoms with Crippen LogP contribution in [0.1, 0.15) is 24.6 Å². The van der Waals surface area contributed by atoms with Crippen molar-refractivity contribution in [2.24, 2.45) is 0 Å². The Labute approximate surface area is 380 Å². The molecule has 1 atom stereocenters. The van der Waals surface area contributed by atoms with Crippen molar-refractivity contribution >= 4 is 52.5 Å². The quantitative estimate of drug-likeness (QED) is 0.0934. The van der Waals surface area contributed by atoms with Gasteiger partial charge in [-0.05, 0) is 78.5 Å². The molecule has 0 bridgehead atoms. The molecule has 308 valence electrons. The summed E-state index contributed by atoms with van der Waals surface area (Å²) in [5.74, 6) is 0. The predicted molar refractivity (Wildman–Crippen MR) is 277 cm³/mol. The molecule has 9 aromatic rings. The van der Waals surface area contributed by atoms with Gasteiger partial charge in [0.1, 0.15) is 0 Å². The molecule has 1 aliphatic carbocycles. The van der Waals surface area contributed by atoms with Crippen LogP contribution in [0.25, 0.3) is 22.4 Å². The Morgan fingerprint density at radius 3 is 1.30 bits per heavy atom. The van der Waals surface area contributed by atoms with E-state index in [-0.39, 0.29) is 0 Å². The zero-order chi connectivity index (χ0) is 43.4. The summed E-state index contributed by atoms with van der Waals surface area (Å²) in [4.78, 5) is 5.78. The average Bonchev–Trinajstić information content (AvgIpc) is 3.37. The van der Waals surface area contributed by atoms with Crippen molar-refractivity contribution in [3.63, 3.8) is 0 Å². The highest BCUT2D eigenvalue weighted by Crippen LogP contribution is 2.40. The van der Waals surface area contributed by atoms with Gasteiger partial charge in [0, 0.05) is 11.0 Å². The fourth-order valence-electron chi connectivity index (χ4n) is 10.4. The molecule has 10 rings (SSSR count). The molecule has 3 heteroatoms. The fourth-order valence-corrected chi connectivity index (χ4v) is 20.4. The van der Waals surface area contributed by atoms with Gasteiger partial charge in [0.15, 0.2) is 16.1 Å². The van der Waals surface area contributed by atoms with Gasteiger partial charge >= 0.3 is 0 Å². The predicted octanol–water partition coefficient (Wildman–Crippen LogP) is 9.96. The summed E-state index contributed by atoms with van der Waals surface area (Å²) in [6, 6.07) is 90.1. The van der Waals surface area contributed by atoms with Gasteiger partial charge in [0.2, 0.25) is 0 Å². The van der Waals surface area contributed by atoms with Crippen molar-refractivity contribution in [2.45, 2.75) is 25.7 Å². The summed E-state index contributed by atoms with van der Waals surface area (Å²) in [6.07, 6.45) is 7.98. The van der Waals surface area contributed by atoms with Gasteiger partial charge in [-0.15, -0.1) is 0 Å². The number of hydrogen-bond donors (Lipinski definition) is 0. The minimum Gasteiger partial charge on any atom is -0.252 e. The van der Waals surface area contributed by atoms with Crippen LogP contribution in [0, 0.1) is 6.92 Å². The van der Waals surface area contributed by atoms with Gasteiger partial charge in [-0.2, -0.15) is 0 Å². The van der Waals surface area contributed by atoms with Gasteiger partial charge < -0.3 is 0 Å². The molecule has 0 saturated carbocycles. The van der Waals surface area contributed by atoms with Crippen LogP contribution < -0.4 is 36.3 Å². The van der Waals surface area contributed by atoms with E-state index < -0.39 is 21.6 Å². The van der Waals surface area contributed by atoms with E-state index in [1.54, 1.807) is 0 Å². The molecule has 0 aliphatic heterocycles. The number of allylic oxidation sites excluding steroid dienone is 4. The maximum Gasteiger partial charge on any atom is 0.179 e. The van der Waals surface area contributed by atoms with E-state index in [0.29, 0.717) is 0 Å². The first-order chi connectivity index (χ1) is 31.5. The smallest absolute Gasteiger partial charge is 0.179 e. The van der Waals surface area contributed by atoms with Gasteiger partial charge in [0.25, 0.3) is 0 Å². The van der Waals surface area contributed by atoms with Gasteiger partial charge in [-0.3, -0.25) is 4.98 Å². The van der Waals surface area contributed by atoms with E-state index in [2.05, 4.69) is 275 Å². The molecular formula is C61H51NSi2. The summed E-state index contributed by atoms with van der Waals surface area (Å²) in [5.41, 5.74) is 6.44. The molecule has 0 fully saturated rings. The average molecular weight is 854 g/mol. The summed E-state index contributed by atoms with van der Waals surface area (Å²) in [6.45, 7) is 4.62. The second kappa shape index (κ2) is 17.5. The third-order valence-electron chi connectivity index (χ3n) is 13.5. The first-order valence-electron chi connectivity index (χ1n) is 22.4. The second-order valence-electron chi connectivity index (χ2n) is 17.4. The maximum atomic E-state index is 5.78. The van der Waals surface area contributed by atoms with Gasteiger partial charge in [-0.1, -0.05) is 261 Å². The van der Waals surface area contributed by atoms with E-state index in [0.717, 1.165) is 23.4 Å². The normalized spacial score (nSPS) is 15.1. The molecule has 1 heterocycles. The molecule has 1 aliphatic rings. The lowest BCUT2D eigenvalue weighted by atomic mass is 9.79. The Balaban J connectivity index is 1.17. The minimum atomic E-state index is -2.78. The SMILES string of the molecule is Cc1ccccc1-c1cc(-c2cccc([Si](c3ccccc3)(c3ccccc3)c3ccccc3)c2)nc(C2(C)C=CC=C([Si](c3ccccc3)(c3ccccc3)c3ccccc3)C2)c1. The standard InChI is InChI=1S/C61H51NSi2/c1-47-25-21-22-41-58(47)49-44-59(48-26-23-39-56(43-48)63(50-27-9-3-10-28-50,51-29-11-4-12-30-51)52-31-13-5-14-32-52)62-60(45-49)61(2)42-24-40-57(46-61)64(53-33-15-6-16-34-53,54-35-17-7-18-36-54)55-37-19-8-20-38-55/h3-45H,46H2,1-2H3. The lowest BCUT2D eigenvalue weighted by Crippen LogP contribution is -2.74. The molecule has 0 saturated heterocycles. The van der Waals surface area contributed by atoms with Gasteiger partial charge in [-0.25, -0.2) is 0 Å². The van der Waals surface area contributed by atoms with Crippen LogP contribution in [0.2, 0.25) is 0 Å². The van der Waals surface area contributed by atoms with Crippen molar-refractivity contribution in [3.05, 3.63) is 277 Å². The van der Waals surface area contributed by atoms with Crippen molar-refractivity contribution in [2.75, 3.05) is 0 Å². The number of pyridine rings is 1. The van der Waals surface area contributed by atoms with Crippen LogP contribution in [0.4, 0.5) is 0 Å². The highest BCUT2D eigenvalue weighted by molar-refractivity contribution is 7.20. The Morgan fingerprint density at radius 1 is 0.406 bits per heavy atom. The van der Waals surface area contributed by atoms with Crippen LogP contribution in [0.3, 0.4) is 0 Å². The lowest BCUT2D eigenvalue weighted by molar-refractivity contribution is 0.573. The minimum absolute atomic E-state index is 0.400. The molecule has 0 radical (unpaired) electrons. The van der Waals surface area contributed by atoms with Crippen LogP contribution in [0.15, 0.2) is 266 Å². The first kappa shape index (κ1) is 40.9. The van der Waals surface area contributed by atoms with Crippen molar-refractivity contribution in [1.82, 2.24) is 4.98 Å². The highest BCUT2D eigenvalue weighted by Gasteiger charge is 2.46. The first-order valence-corrected chi connectivity index (χ1v) is 26.4. The maximum absolute atomic E-state index is 5.78. The van der Waals surface area contributed by atoms with Crippen molar-refractivity contribution in [3.8, 4) is 22.4 Å². The Hall–Kier alpha value is -7.18. The Kier molecular flexibility index (Phi) is 11.2. The van der Waals surface area contributed by atoms with Crippen LogP contribution >= 0.6 is 0 Å². The molecule has 1 unspecified atom stereocenters. The third-order valence-corrected chi connectivity index (χ3v) is 23.2. The van der Waals surface area contributed by atoms with E-state index in [9.17, 15) is 0 Å². The monoisotopic (exact) mass is 853 g/mol. The number of hydrogen-bond acceptors (Lipinski definition) is 1. The Bertz CT molecular complexity index is 2880. The number of aryl methyl sites for hydroxylation is 1. The topological polar surface area (TPSA) is 12.9 Å². The number of aromatic nitrogens is 1. The van der Waals surface area contributed by atoms with E-state index in [1.165, 1.54) is 58.2 Å². The van der Waals surface area contributed by atoms with E-state index >= 15 is 0 Å². The zero-order valence-corrected chi connectivity index (χ0v) is 38.5. The summed E-state index contributed by atoms with van der Waals surface area (Å²) in [7, 11) is -5.53. The van der Waals surface area contributed by atoms with E-state index in [4.69, 9.17) is 4.98 Å². The van der Waals surface area contributed by atoms with Crippen LogP contribution in [0.5, 0.6) is 0 Å². The third kappa shape index (κ3) is 7.27. The molecule has 64 heavy (non-hydrogen) atoms. The van der Waals surface area contributed by atoms with Gasteiger partial charge in [0.05, 0.1) is 11.4 Å². The summed E-state index contributed by atoms with van der Waals surface area (Å²) < 4.78 is 0. The number of rotatable bonds is 11. The number of benzene rings is 8. The molecule has 0 amide bonds. The molecule has 1 nitrogen and oxygen atoms in total.